The summed E-state index contributed by atoms with van der Waals surface area (Å²) in [6.07, 6.45) is 0.643. The number of hydrogen-bond donors (Lipinski definition) is 1. The molecule has 2 rings (SSSR count). The highest BCUT2D eigenvalue weighted by Crippen LogP contribution is 2.18. The number of nitrogens with zero attached hydrogens (tertiary/aromatic N) is 2. The minimum Gasteiger partial charge on any atom is -0.448 e. The number of benzene rings is 1. The lowest BCUT2D eigenvalue weighted by molar-refractivity contribution is -0.123. The lowest BCUT2D eigenvalue weighted by atomic mass is 10.3. The van der Waals surface area contributed by atoms with Crippen LogP contribution in [0.25, 0.3) is 0 Å². The van der Waals surface area contributed by atoms with Crippen LogP contribution in [0.5, 0.6) is 0 Å². The van der Waals surface area contributed by atoms with Gasteiger partial charge in [-0.3, -0.25) is 4.79 Å². The predicted octanol–water partition coefficient (Wildman–Crippen LogP) is 1.46. The van der Waals surface area contributed by atoms with Crippen molar-refractivity contribution >= 4 is 27.6 Å². The zero-order chi connectivity index (χ0) is 19.5. The Morgan fingerprint density at radius 3 is 2.46 bits per heavy atom. The fraction of sp³-hybridized carbons (Fsp3) is 0.294. The summed E-state index contributed by atoms with van der Waals surface area (Å²) in [5, 5.41) is 2.55. The fourth-order valence-corrected chi connectivity index (χ4v) is 3.08. The van der Waals surface area contributed by atoms with Crippen molar-refractivity contribution in [1.29, 1.82) is 0 Å². The maximum absolute atomic E-state index is 12.2. The van der Waals surface area contributed by atoms with E-state index in [1.165, 1.54) is 39.2 Å². The van der Waals surface area contributed by atoms with Gasteiger partial charge in [0.15, 0.2) is 6.10 Å². The second kappa shape index (κ2) is 7.71. The molecular weight excluding hydrogens is 358 g/mol. The Morgan fingerprint density at radius 1 is 1.19 bits per heavy atom. The third kappa shape index (κ3) is 4.30. The van der Waals surface area contributed by atoms with Crippen LogP contribution in [0.15, 0.2) is 47.5 Å². The average molecular weight is 379 g/mol. The van der Waals surface area contributed by atoms with Gasteiger partial charge in [-0.25, -0.2) is 17.5 Å². The number of nitrogens with one attached hydrogen (secondary N) is 1. The largest absolute Gasteiger partial charge is 0.448 e. The van der Waals surface area contributed by atoms with Gasteiger partial charge in [-0.05, 0) is 37.3 Å². The molecule has 0 aliphatic rings. The van der Waals surface area contributed by atoms with Crippen LogP contribution in [-0.4, -0.2) is 49.4 Å². The van der Waals surface area contributed by atoms with Gasteiger partial charge in [-0.2, -0.15) is 0 Å². The number of hydrogen-bond acceptors (Lipinski definition) is 5. The van der Waals surface area contributed by atoms with E-state index in [1.807, 2.05) is 0 Å². The molecule has 0 radical (unpaired) electrons. The molecule has 1 aromatic carbocycles. The minimum atomic E-state index is -3.61. The lowest BCUT2D eigenvalue weighted by Crippen LogP contribution is -2.30. The molecule has 0 aliphatic carbocycles. The number of carbonyl (C=O) groups excluding carboxylic acids is 2. The molecule has 0 saturated carbocycles. The molecular formula is C17H21N3O5S. The average Bonchev–Trinajstić information content (AvgIpc) is 3.01. The number of aryl methyl sites for hydroxylation is 1. The smallest absolute Gasteiger partial charge is 0.355 e. The van der Waals surface area contributed by atoms with Crippen LogP contribution in [0.2, 0.25) is 0 Å². The molecule has 9 heteroatoms. The topological polar surface area (TPSA) is 97.7 Å². The van der Waals surface area contributed by atoms with E-state index in [0.717, 1.165) is 4.31 Å². The second-order valence-corrected chi connectivity index (χ2v) is 8.01. The highest BCUT2D eigenvalue weighted by atomic mass is 32.2. The molecule has 0 fully saturated rings. The summed E-state index contributed by atoms with van der Waals surface area (Å²) >= 11 is 0. The number of carbonyl (C=O) groups is 2. The molecule has 0 saturated heterocycles. The molecule has 2 aromatic rings. The fourth-order valence-electron chi connectivity index (χ4n) is 2.14. The number of ether oxygens (including phenoxy) is 1. The standard InChI is InChI=1S/C17H21N3O5S/c1-12(25-17(22)15-9-6-10-20(15)4)16(21)18-13-7-5-8-14(11-13)26(23,24)19(2)3/h5-12H,1-4H3,(H,18,21)/t12-/m1/s1. The molecule has 1 atom stereocenters. The van der Waals surface area contributed by atoms with E-state index in [1.54, 1.807) is 36.0 Å². The van der Waals surface area contributed by atoms with Crippen molar-refractivity contribution < 1.29 is 22.7 Å². The molecule has 1 heterocycles. The third-order valence-electron chi connectivity index (χ3n) is 3.69. The molecule has 0 unspecified atom stereocenters. The molecule has 26 heavy (non-hydrogen) atoms. The maximum atomic E-state index is 12.2. The first-order valence-corrected chi connectivity index (χ1v) is 9.22. The van der Waals surface area contributed by atoms with Crippen LogP contribution in [-0.2, 0) is 26.6 Å². The van der Waals surface area contributed by atoms with Crippen molar-refractivity contribution in [1.82, 2.24) is 8.87 Å². The summed E-state index contributed by atoms with van der Waals surface area (Å²) in [6, 6.07) is 9.13. The van der Waals surface area contributed by atoms with Crippen LogP contribution >= 0.6 is 0 Å². The van der Waals surface area contributed by atoms with Crippen molar-refractivity contribution in [3.63, 3.8) is 0 Å². The van der Waals surface area contributed by atoms with Crippen molar-refractivity contribution in [2.75, 3.05) is 19.4 Å². The Bertz CT molecular complexity index is 918. The van der Waals surface area contributed by atoms with E-state index in [2.05, 4.69) is 5.32 Å². The zero-order valence-electron chi connectivity index (χ0n) is 15.0. The van der Waals surface area contributed by atoms with Gasteiger partial charge < -0.3 is 14.6 Å². The summed E-state index contributed by atoms with van der Waals surface area (Å²) in [6.45, 7) is 1.44. The molecule has 1 aromatic heterocycles. The Morgan fingerprint density at radius 2 is 1.88 bits per heavy atom. The zero-order valence-corrected chi connectivity index (χ0v) is 15.8. The van der Waals surface area contributed by atoms with Crippen molar-refractivity contribution in [2.45, 2.75) is 17.9 Å². The molecule has 0 bridgehead atoms. The highest BCUT2D eigenvalue weighted by molar-refractivity contribution is 7.89. The summed E-state index contributed by atoms with van der Waals surface area (Å²) < 4.78 is 32.1. The van der Waals surface area contributed by atoms with E-state index in [-0.39, 0.29) is 4.90 Å². The number of anilines is 1. The van der Waals surface area contributed by atoms with Crippen LogP contribution in [0.1, 0.15) is 17.4 Å². The Balaban J connectivity index is 2.08. The van der Waals surface area contributed by atoms with Gasteiger partial charge in [0.2, 0.25) is 10.0 Å². The van der Waals surface area contributed by atoms with Crippen molar-refractivity contribution in [2.24, 2.45) is 7.05 Å². The van der Waals surface area contributed by atoms with Crippen LogP contribution in [0.4, 0.5) is 5.69 Å². The molecule has 1 N–H and O–H groups in total. The predicted molar refractivity (Wildman–Crippen MR) is 96.2 cm³/mol. The van der Waals surface area contributed by atoms with Crippen molar-refractivity contribution in [3.8, 4) is 0 Å². The maximum Gasteiger partial charge on any atom is 0.355 e. The quantitative estimate of drug-likeness (QED) is 0.767. The number of rotatable bonds is 6. The molecule has 1 amide bonds. The van der Waals surface area contributed by atoms with Crippen LogP contribution in [0.3, 0.4) is 0 Å². The Labute approximate surface area is 152 Å². The second-order valence-electron chi connectivity index (χ2n) is 5.86. The lowest BCUT2D eigenvalue weighted by Gasteiger charge is -2.15. The summed E-state index contributed by atoms with van der Waals surface area (Å²) in [4.78, 5) is 24.3. The first-order chi connectivity index (χ1) is 12.1. The molecule has 0 aliphatic heterocycles. The first kappa shape index (κ1) is 19.7. The van der Waals surface area contributed by atoms with Gasteiger partial charge in [0, 0.05) is 33.0 Å². The number of aromatic nitrogens is 1. The Hall–Kier alpha value is -2.65. The Kier molecular flexibility index (Phi) is 5.83. The first-order valence-electron chi connectivity index (χ1n) is 7.78. The van der Waals surface area contributed by atoms with E-state index in [9.17, 15) is 18.0 Å². The minimum absolute atomic E-state index is 0.0498. The molecule has 140 valence electrons. The number of amides is 1. The van der Waals surface area contributed by atoms with E-state index >= 15 is 0 Å². The number of sulfonamides is 1. The summed E-state index contributed by atoms with van der Waals surface area (Å²) in [7, 11) is 0.922. The SMILES string of the molecule is C[C@@H](OC(=O)c1cccn1C)C(=O)Nc1cccc(S(=O)(=O)N(C)C)c1. The van der Waals surface area contributed by atoms with Gasteiger partial charge in [0.25, 0.3) is 5.91 Å². The normalized spacial score (nSPS) is 12.7. The summed E-state index contributed by atoms with van der Waals surface area (Å²) in [5.74, 6) is -1.18. The van der Waals surface area contributed by atoms with Gasteiger partial charge in [0.05, 0.1) is 4.90 Å². The van der Waals surface area contributed by atoms with Gasteiger partial charge in [-0.15, -0.1) is 0 Å². The monoisotopic (exact) mass is 379 g/mol. The van der Waals surface area contributed by atoms with E-state index in [0.29, 0.717) is 11.4 Å². The van der Waals surface area contributed by atoms with Gasteiger partial charge >= 0.3 is 5.97 Å². The van der Waals surface area contributed by atoms with Crippen molar-refractivity contribution in [3.05, 3.63) is 48.3 Å². The number of esters is 1. The van der Waals surface area contributed by atoms with Gasteiger partial charge in [-0.1, -0.05) is 6.07 Å². The van der Waals surface area contributed by atoms with Gasteiger partial charge in [0.1, 0.15) is 5.69 Å². The highest BCUT2D eigenvalue weighted by Gasteiger charge is 2.22. The van der Waals surface area contributed by atoms with E-state index < -0.39 is 28.0 Å². The summed E-state index contributed by atoms with van der Waals surface area (Å²) in [5.41, 5.74) is 0.614. The molecule has 0 spiro atoms. The van der Waals surface area contributed by atoms with Crippen LogP contribution in [0, 0.1) is 0 Å². The third-order valence-corrected chi connectivity index (χ3v) is 5.50. The molecule has 8 nitrogen and oxygen atoms in total. The van der Waals surface area contributed by atoms with Crippen LogP contribution < -0.4 is 5.32 Å². The van der Waals surface area contributed by atoms with E-state index in [4.69, 9.17) is 4.74 Å².